The monoisotopic (exact) mass is 424 g/mol. The minimum atomic E-state index is -1.29. The Morgan fingerprint density at radius 2 is 1.81 bits per heavy atom. The fraction of sp³-hybridized carbons (Fsp3) is 0.273. The first-order valence-electron chi connectivity index (χ1n) is 9.61. The number of amides is 5. The number of nitrogens with one attached hydrogen (secondary N) is 3. The van der Waals surface area contributed by atoms with Gasteiger partial charge in [0.1, 0.15) is 17.8 Å². The van der Waals surface area contributed by atoms with Crippen LogP contribution in [0.2, 0.25) is 0 Å². The molecule has 9 heteroatoms. The van der Waals surface area contributed by atoms with Crippen LogP contribution in [-0.2, 0) is 15.1 Å². The zero-order valence-electron chi connectivity index (χ0n) is 17.7. The van der Waals surface area contributed by atoms with Crippen molar-refractivity contribution in [2.45, 2.75) is 19.4 Å². The number of hydrogen-bond acceptors (Lipinski definition) is 5. The highest BCUT2D eigenvalue weighted by Crippen LogP contribution is 2.30. The van der Waals surface area contributed by atoms with Gasteiger partial charge in [0.25, 0.3) is 11.8 Å². The highest BCUT2D eigenvalue weighted by molar-refractivity contribution is 6.10. The molecular formula is C22H24N4O5. The van der Waals surface area contributed by atoms with Crippen molar-refractivity contribution >= 4 is 29.4 Å². The van der Waals surface area contributed by atoms with Gasteiger partial charge in [0.2, 0.25) is 5.91 Å². The molecule has 2 aromatic rings. The number of nitrogens with zero attached hydrogens (tertiary/aromatic N) is 1. The molecule has 0 bridgehead atoms. The predicted molar refractivity (Wildman–Crippen MR) is 114 cm³/mol. The molecule has 1 aliphatic rings. The molecule has 162 valence electrons. The van der Waals surface area contributed by atoms with Gasteiger partial charge >= 0.3 is 6.03 Å². The molecule has 1 fully saturated rings. The SMILES string of the molecule is CNC(=O)c1ccc(C)c(NC(=O)CN2C(=O)NC(C)(c3ccc(OC)cc3)C2=O)c1. The molecule has 1 saturated heterocycles. The molecule has 0 aromatic heterocycles. The number of imide groups is 1. The van der Waals surface area contributed by atoms with Gasteiger partial charge < -0.3 is 20.7 Å². The lowest BCUT2D eigenvalue weighted by atomic mass is 9.92. The number of rotatable bonds is 6. The van der Waals surface area contributed by atoms with Gasteiger partial charge in [0, 0.05) is 18.3 Å². The lowest BCUT2D eigenvalue weighted by molar-refractivity contribution is -0.133. The smallest absolute Gasteiger partial charge is 0.325 e. The summed E-state index contributed by atoms with van der Waals surface area (Å²) < 4.78 is 5.12. The Balaban J connectivity index is 1.75. The standard InChI is InChI=1S/C22H24N4O5/c1-13-5-6-14(19(28)23-3)11-17(13)24-18(27)12-26-20(29)22(2,25-21(26)30)15-7-9-16(31-4)10-8-15/h5-11H,12H2,1-4H3,(H,23,28)(H,24,27)(H,25,30). The van der Waals surface area contributed by atoms with Gasteiger partial charge in [-0.2, -0.15) is 0 Å². The van der Waals surface area contributed by atoms with Crippen LogP contribution in [0.1, 0.15) is 28.4 Å². The van der Waals surface area contributed by atoms with E-state index in [1.54, 1.807) is 56.3 Å². The Kier molecular flexibility index (Phi) is 5.96. The largest absolute Gasteiger partial charge is 0.497 e. The normalized spacial score (nSPS) is 17.9. The van der Waals surface area contributed by atoms with E-state index in [9.17, 15) is 19.2 Å². The maximum atomic E-state index is 13.0. The number of benzene rings is 2. The second-order valence-electron chi connectivity index (χ2n) is 7.33. The fourth-order valence-electron chi connectivity index (χ4n) is 3.34. The molecule has 3 N–H and O–H groups in total. The van der Waals surface area contributed by atoms with Gasteiger partial charge in [-0.05, 0) is 49.2 Å². The van der Waals surface area contributed by atoms with Gasteiger partial charge in [0.15, 0.2) is 0 Å². The Labute approximate surface area is 179 Å². The molecule has 0 spiro atoms. The Hall–Kier alpha value is -3.88. The molecule has 0 radical (unpaired) electrons. The second-order valence-corrected chi connectivity index (χ2v) is 7.33. The molecule has 31 heavy (non-hydrogen) atoms. The molecule has 1 heterocycles. The van der Waals surface area contributed by atoms with Gasteiger partial charge in [0.05, 0.1) is 7.11 Å². The topological polar surface area (TPSA) is 117 Å². The highest BCUT2D eigenvalue weighted by Gasteiger charge is 2.49. The number of aryl methyl sites for hydroxylation is 1. The highest BCUT2D eigenvalue weighted by atomic mass is 16.5. The molecule has 2 aromatic carbocycles. The zero-order valence-corrected chi connectivity index (χ0v) is 17.7. The number of methoxy groups -OCH3 is 1. The summed E-state index contributed by atoms with van der Waals surface area (Å²) >= 11 is 0. The maximum absolute atomic E-state index is 13.0. The van der Waals surface area contributed by atoms with Crippen molar-refractivity contribution in [3.8, 4) is 5.75 Å². The van der Waals surface area contributed by atoms with E-state index in [0.29, 0.717) is 22.6 Å². The first-order valence-corrected chi connectivity index (χ1v) is 9.61. The number of ether oxygens (including phenoxy) is 1. The minimum absolute atomic E-state index is 0.292. The lowest BCUT2D eigenvalue weighted by Gasteiger charge is -2.22. The van der Waals surface area contributed by atoms with Crippen molar-refractivity contribution in [3.63, 3.8) is 0 Å². The minimum Gasteiger partial charge on any atom is -0.497 e. The second kappa shape index (κ2) is 8.47. The van der Waals surface area contributed by atoms with Crippen LogP contribution in [0, 0.1) is 6.92 Å². The van der Waals surface area contributed by atoms with Crippen LogP contribution in [0.5, 0.6) is 5.75 Å². The first-order chi connectivity index (χ1) is 14.7. The zero-order chi connectivity index (χ0) is 22.8. The van der Waals surface area contributed by atoms with E-state index < -0.39 is 29.9 Å². The number of carbonyl (C=O) groups excluding carboxylic acids is 4. The van der Waals surface area contributed by atoms with Gasteiger partial charge in [-0.3, -0.25) is 19.3 Å². The van der Waals surface area contributed by atoms with Crippen molar-refractivity contribution in [1.82, 2.24) is 15.5 Å². The Morgan fingerprint density at radius 1 is 1.13 bits per heavy atom. The van der Waals surface area contributed by atoms with Crippen molar-refractivity contribution in [2.24, 2.45) is 0 Å². The lowest BCUT2D eigenvalue weighted by Crippen LogP contribution is -2.42. The van der Waals surface area contributed by atoms with Crippen LogP contribution in [0.15, 0.2) is 42.5 Å². The van der Waals surface area contributed by atoms with Crippen LogP contribution in [0.4, 0.5) is 10.5 Å². The number of urea groups is 1. The summed E-state index contributed by atoms with van der Waals surface area (Å²) in [5.74, 6) is -0.761. The van der Waals surface area contributed by atoms with E-state index in [-0.39, 0.29) is 5.91 Å². The molecule has 0 aliphatic carbocycles. The molecule has 1 atom stereocenters. The van der Waals surface area contributed by atoms with Crippen LogP contribution < -0.4 is 20.7 Å². The van der Waals surface area contributed by atoms with E-state index in [4.69, 9.17) is 4.74 Å². The third-order valence-electron chi connectivity index (χ3n) is 5.24. The molecule has 1 aliphatic heterocycles. The Bertz CT molecular complexity index is 1050. The average molecular weight is 424 g/mol. The third-order valence-corrected chi connectivity index (χ3v) is 5.24. The molecular weight excluding hydrogens is 400 g/mol. The summed E-state index contributed by atoms with van der Waals surface area (Å²) in [6.07, 6.45) is 0. The van der Waals surface area contributed by atoms with E-state index >= 15 is 0 Å². The average Bonchev–Trinajstić information content (AvgIpc) is 2.98. The predicted octanol–water partition coefficient (Wildman–Crippen LogP) is 1.77. The van der Waals surface area contributed by atoms with E-state index in [2.05, 4.69) is 16.0 Å². The van der Waals surface area contributed by atoms with Crippen LogP contribution in [0.3, 0.4) is 0 Å². The number of anilines is 1. The van der Waals surface area contributed by atoms with E-state index in [1.807, 2.05) is 0 Å². The van der Waals surface area contributed by atoms with E-state index in [1.165, 1.54) is 14.2 Å². The molecule has 0 saturated carbocycles. The fourth-order valence-corrected chi connectivity index (χ4v) is 3.34. The van der Waals surface area contributed by atoms with Crippen molar-refractivity contribution in [2.75, 3.05) is 26.0 Å². The molecule has 1 unspecified atom stereocenters. The summed E-state index contributed by atoms with van der Waals surface area (Å²) in [7, 11) is 3.05. The summed E-state index contributed by atoms with van der Waals surface area (Å²) in [4.78, 5) is 50.8. The first kappa shape index (κ1) is 21.8. The number of carbonyl (C=O) groups is 4. The Morgan fingerprint density at radius 3 is 2.42 bits per heavy atom. The van der Waals surface area contributed by atoms with Gasteiger partial charge in [-0.1, -0.05) is 18.2 Å². The summed E-state index contributed by atoms with van der Waals surface area (Å²) in [5.41, 5.74) is 0.824. The quantitative estimate of drug-likeness (QED) is 0.611. The van der Waals surface area contributed by atoms with Crippen LogP contribution in [0.25, 0.3) is 0 Å². The summed E-state index contributed by atoms with van der Waals surface area (Å²) in [6, 6.07) is 11.0. The number of hydrogen-bond donors (Lipinski definition) is 3. The third kappa shape index (κ3) is 4.20. The van der Waals surface area contributed by atoms with Crippen molar-refractivity contribution in [3.05, 3.63) is 59.2 Å². The van der Waals surface area contributed by atoms with Gasteiger partial charge in [-0.15, -0.1) is 0 Å². The van der Waals surface area contributed by atoms with Crippen molar-refractivity contribution in [1.29, 1.82) is 0 Å². The van der Waals surface area contributed by atoms with Crippen molar-refractivity contribution < 1.29 is 23.9 Å². The van der Waals surface area contributed by atoms with E-state index in [0.717, 1.165) is 10.5 Å². The maximum Gasteiger partial charge on any atom is 0.325 e. The molecule has 3 rings (SSSR count). The molecule has 9 nitrogen and oxygen atoms in total. The van der Waals surface area contributed by atoms with Crippen LogP contribution >= 0.6 is 0 Å². The summed E-state index contributed by atoms with van der Waals surface area (Å²) in [5, 5.41) is 7.85. The van der Waals surface area contributed by atoms with Crippen LogP contribution in [-0.4, -0.2) is 49.4 Å². The molecule has 5 amide bonds. The summed E-state index contributed by atoms with van der Waals surface area (Å²) in [6.45, 7) is 2.90. The van der Waals surface area contributed by atoms with Gasteiger partial charge in [-0.25, -0.2) is 4.79 Å².